The summed E-state index contributed by atoms with van der Waals surface area (Å²) in [4.78, 5) is 21.2. The van der Waals surface area contributed by atoms with E-state index in [1.165, 1.54) is 11.8 Å². The fraction of sp³-hybridized carbons (Fsp3) is 0.190. The first-order chi connectivity index (χ1) is 14.2. The Morgan fingerprint density at radius 1 is 1.03 bits per heavy atom. The molecule has 2 heterocycles. The predicted octanol–water partition coefficient (Wildman–Crippen LogP) is 4.05. The number of thioether (sulfide) groups is 1. The fourth-order valence-corrected chi connectivity index (χ4v) is 3.62. The summed E-state index contributed by atoms with van der Waals surface area (Å²) in [5, 5.41) is 3.45. The Morgan fingerprint density at radius 2 is 1.86 bits per heavy atom. The van der Waals surface area contributed by atoms with E-state index in [0.717, 1.165) is 17.1 Å². The van der Waals surface area contributed by atoms with Crippen molar-refractivity contribution in [1.82, 2.24) is 9.97 Å². The minimum Gasteiger partial charge on any atom is -0.497 e. The molecule has 3 rings (SSSR count). The molecule has 0 spiro atoms. The monoisotopic (exact) mass is 411 g/mol. The first kappa shape index (κ1) is 20.5. The molecule has 0 unspecified atom stereocenters. The summed E-state index contributed by atoms with van der Waals surface area (Å²) in [5.74, 6) is 2.28. The van der Waals surface area contributed by atoms with Gasteiger partial charge >= 0.3 is 0 Å². The van der Waals surface area contributed by atoms with E-state index in [1.54, 1.807) is 58.1 Å². The van der Waals surface area contributed by atoms with Crippen LogP contribution in [0.15, 0.2) is 60.0 Å². The van der Waals surface area contributed by atoms with E-state index < -0.39 is 0 Å². The Kier molecular flexibility index (Phi) is 6.91. The van der Waals surface area contributed by atoms with Crippen LogP contribution in [0, 0.1) is 0 Å². The molecular formula is C21H21N3O4S. The summed E-state index contributed by atoms with van der Waals surface area (Å²) < 4.78 is 15.9. The third-order valence-corrected chi connectivity index (χ3v) is 5.18. The molecule has 2 aromatic heterocycles. The zero-order valence-electron chi connectivity index (χ0n) is 16.3. The zero-order chi connectivity index (χ0) is 20.6. The van der Waals surface area contributed by atoms with Gasteiger partial charge in [-0.1, -0.05) is 6.07 Å². The number of anilines is 1. The fourth-order valence-electron chi connectivity index (χ4n) is 2.64. The Labute approximate surface area is 173 Å². The Bertz CT molecular complexity index is 997. The summed E-state index contributed by atoms with van der Waals surface area (Å²) in [7, 11) is 4.77. The first-order valence-electron chi connectivity index (χ1n) is 8.74. The lowest BCUT2D eigenvalue weighted by Crippen LogP contribution is -2.14. The van der Waals surface area contributed by atoms with Crippen LogP contribution in [0.25, 0.3) is 0 Å². The molecule has 0 aliphatic carbocycles. The Hall–Kier alpha value is -3.26. The second-order valence-corrected chi connectivity index (χ2v) is 6.82. The molecule has 0 saturated heterocycles. The van der Waals surface area contributed by atoms with Crippen LogP contribution < -0.4 is 19.5 Å². The van der Waals surface area contributed by atoms with Crippen molar-refractivity contribution >= 4 is 23.4 Å². The summed E-state index contributed by atoms with van der Waals surface area (Å²) in [6, 6.07) is 10.8. The first-order valence-corrected chi connectivity index (χ1v) is 9.73. The summed E-state index contributed by atoms with van der Waals surface area (Å²) in [5.41, 5.74) is 1.94. The molecule has 0 bridgehead atoms. The minimum absolute atomic E-state index is 0.284. The van der Waals surface area contributed by atoms with Gasteiger partial charge in [-0.25, -0.2) is 4.98 Å². The third-order valence-electron chi connectivity index (χ3n) is 4.12. The van der Waals surface area contributed by atoms with Crippen molar-refractivity contribution in [3.05, 3.63) is 66.1 Å². The molecule has 8 heteroatoms. The molecule has 0 fully saturated rings. The smallest absolute Gasteiger partial charge is 0.258 e. The topological polar surface area (TPSA) is 82.6 Å². The van der Waals surface area contributed by atoms with Crippen molar-refractivity contribution in [3.63, 3.8) is 0 Å². The van der Waals surface area contributed by atoms with Crippen molar-refractivity contribution in [2.75, 3.05) is 26.6 Å². The maximum Gasteiger partial charge on any atom is 0.258 e. The highest BCUT2D eigenvalue weighted by Crippen LogP contribution is 2.32. The van der Waals surface area contributed by atoms with Crippen molar-refractivity contribution < 1.29 is 19.0 Å². The standard InChI is InChI=1S/C21H21N3O4S/c1-26-15-7-6-14(19(11-15)28-3)13-29-21-16(5-4-9-23-21)20(25)24-17-12-22-10-8-18(17)27-2/h4-12H,13H2,1-3H3,(H,24,25). The van der Waals surface area contributed by atoms with Crippen LogP contribution in [0.5, 0.6) is 17.2 Å². The number of carbonyl (C=O) groups is 1. The van der Waals surface area contributed by atoms with E-state index in [1.807, 2.05) is 18.2 Å². The molecular weight excluding hydrogens is 390 g/mol. The number of ether oxygens (including phenoxy) is 3. The van der Waals surface area contributed by atoms with E-state index >= 15 is 0 Å². The van der Waals surface area contributed by atoms with Gasteiger partial charge in [-0.05, 0) is 18.2 Å². The van der Waals surface area contributed by atoms with Gasteiger partial charge in [0.15, 0.2) is 0 Å². The van der Waals surface area contributed by atoms with Crippen molar-refractivity contribution in [3.8, 4) is 17.2 Å². The van der Waals surface area contributed by atoms with Crippen molar-refractivity contribution in [2.45, 2.75) is 10.8 Å². The number of hydrogen-bond donors (Lipinski definition) is 1. The lowest BCUT2D eigenvalue weighted by molar-refractivity contribution is 0.102. The van der Waals surface area contributed by atoms with Crippen molar-refractivity contribution in [2.24, 2.45) is 0 Å². The summed E-state index contributed by atoms with van der Waals surface area (Å²) >= 11 is 1.45. The van der Waals surface area contributed by atoms with Crippen LogP contribution in [0.1, 0.15) is 15.9 Å². The predicted molar refractivity (Wildman–Crippen MR) is 112 cm³/mol. The maximum atomic E-state index is 12.8. The minimum atomic E-state index is -0.284. The van der Waals surface area contributed by atoms with Crippen LogP contribution in [0.3, 0.4) is 0 Å². The number of nitrogens with zero attached hydrogens (tertiary/aromatic N) is 2. The van der Waals surface area contributed by atoms with E-state index in [0.29, 0.717) is 27.8 Å². The molecule has 3 aromatic rings. The number of benzene rings is 1. The SMILES string of the molecule is COc1ccc(CSc2ncccc2C(=O)Nc2cnccc2OC)c(OC)c1. The third kappa shape index (κ3) is 4.97. The highest BCUT2D eigenvalue weighted by atomic mass is 32.2. The van der Waals surface area contributed by atoms with Crippen LogP contribution in [0.4, 0.5) is 5.69 Å². The van der Waals surface area contributed by atoms with Gasteiger partial charge in [0.1, 0.15) is 28.0 Å². The molecule has 7 nitrogen and oxygen atoms in total. The van der Waals surface area contributed by atoms with Crippen LogP contribution in [-0.4, -0.2) is 37.2 Å². The van der Waals surface area contributed by atoms with E-state index in [4.69, 9.17) is 14.2 Å². The number of amides is 1. The number of hydrogen-bond acceptors (Lipinski definition) is 7. The Balaban J connectivity index is 1.78. The molecule has 1 aromatic carbocycles. The largest absolute Gasteiger partial charge is 0.497 e. The molecule has 150 valence electrons. The molecule has 0 saturated carbocycles. The highest BCUT2D eigenvalue weighted by molar-refractivity contribution is 7.98. The van der Waals surface area contributed by atoms with Gasteiger partial charge in [-0.3, -0.25) is 9.78 Å². The summed E-state index contributed by atoms with van der Waals surface area (Å²) in [6.07, 6.45) is 4.80. The van der Waals surface area contributed by atoms with Crippen LogP contribution in [-0.2, 0) is 5.75 Å². The Morgan fingerprint density at radius 3 is 2.62 bits per heavy atom. The molecule has 0 atom stereocenters. The van der Waals surface area contributed by atoms with E-state index in [9.17, 15) is 4.79 Å². The van der Waals surface area contributed by atoms with Gasteiger partial charge in [0.2, 0.25) is 0 Å². The van der Waals surface area contributed by atoms with Crippen LogP contribution in [0.2, 0.25) is 0 Å². The number of carbonyl (C=O) groups excluding carboxylic acids is 1. The van der Waals surface area contributed by atoms with Crippen molar-refractivity contribution in [1.29, 1.82) is 0 Å². The molecule has 0 aliphatic heterocycles. The highest BCUT2D eigenvalue weighted by Gasteiger charge is 2.16. The van der Waals surface area contributed by atoms with Gasteiger partial charge in [0.25, 0.3) is 5.91 Å². The molecule has 0 radical (unpaired) electrons. The second kappa shape index (κ2) is 9.79. The number of rotatable bonds is 8. The zero-order valence-corrected chi connectivity index (χ0v) is 17.2. The number of nitrogens with one attached hydrogen (secondary N) is 1. The van der Waals surface area contributed by atoms with E-state index in [2.05, 4.69) is 15.3 Å². The molecule has 0 aliphatic rings. The molecule has 1 N–H and O–H groups in total. The van der Waals surface area contributed by atoms with Gasteiger partial charge in [-0.15, -0.1) is 11.8 Å². The van der Waals surface area contributed by atoms with Gasteiger partial charge in [-0.2, -0.15) is 0 Å². The average Bonchev–Trinajstić information content (AvgIpc) is 2.78. The van der Waals surface area contributed by atoms with Gasteiger partial charge in [0.05, 0.1) is 33.1 Å². The normalized spacial score (nSPS) is 10.3. The number of pyridine rings is 2. The second-order valence-electron chi connectivity index (χ2n) is 5.85. The summed E-state index contributed by atoms with van der Waals surface area (Å²) in [6.45, 7) is 0. The number of methoxy groups -OCH3 is 3. The molecule has 29 heavy (non-hydrogen) atoms. The van der Waals surface area contributed by atoms with Gasteiger partial charge in [0, 0.05) is 35.8 Å². The number of aromatic nitrogens is 2. The lowest BCUT2D eigenvalue weighted by Gasteiger charge is -2.12. The van der Waals surface area contributed by atoms with E-state index in [-0.39, 0.29) is 5.91 Å². The average molecular weight is 411 g/mol. The maximum absolute atomic E-state index is 12.8. The van der Waals surface area contributed by atoms with Crippen LogP contribution >= 0.6 is 11.8 Å². The quantitative estimate of drug-likeness (QED) is 0.560. The molecule has 1 amide bonds. The van der Waals surface area contributed by atoms with Gasteiger partial charge < -0.3 is 19.5 Å². The lowest BCUT2D eigenvalue weighted by atomic mass is 10.2.